The van der Waals surface area contributed by atoms with Gasteiger partial charge in [-0.25, -0.2) is 9.59 Å². The van der Waals surface area contributed by atoms with Crippen LogP contribution in [0, 0.1) is 5.92 Å². The first kappa shape index (κ1) is 18.7. The monoisotopic (exact) mass is 287 g/mol. The summed E-state index contributed by atoms with van der Waals surface area (Å²) in [6.07, 6.45) is 3.78. The summed E-state index contributed by atoms with van der Waals surface area (Å²) < 4.78 is 5.11. The van der Waals surface area contributed by atoms with E-state index in [0.29, 0.717) is 12.3 Å². The molecule has 5 nitrogen and oxygen atoms in total. The molecule has 0 aliphatic rings. The predicted octanol–water partition coefficient (Wildman–Crippen LogP) is 3.57. The Morgan fingerprint density at radius 1 is 1.15 bits per heavy atom. The van der Waals surface area contributed by atoms with Gasteiger partial charge in [0.25, 0.3) is 0 Å². The van der Waals surface area contributed by atoms with Crippen LogP contribution in [0.2, 0.25) is 0 Å². The van der Waals surface area contributed by atoms with Crippen LogP contribution in [0.15, 0.2) is 0 Å². The fourth-order valence-electron chi connectivity index (χ4n) is 2.20. The van der Waals surface area contributed by atoms with Gasteiger partial charge in [0.05, 0.1) is 0 Å². The molecule has 1 atom stereocenters. The van der Waals surface area contributed by atoms with Gasteiger partial charge in [-0.3, -0.25) is 0 Å². The number of ether oxygens (including phenoxy) is 1. The van der Waals surface area contributed by atoms with Gasteiger partial charge in [-0.1, -0.05) is 39.5 Å². The number of hydrogen-bond acceptors (Lipinski definition) is 3. The molecule has 5 heteroatoms. The van der Waals surface area contributed by atoms with Crippen molar-refractivity contribution in [2.45, 2.75) is 78.4 Å². The predicted molar refractivity (Wildman–Crippen MR) is 78.7 cm³/mol. The molecular weight excluding hydrogens is 258 g/mol. The number of alkyl carbamates (subject to hydrolysis) is 1. The van der Waals surface area contributed by atoms with Gasteiger partial charge in [-0.05, 0) is 33.1 Å². The fraction of sp³-hybridized carbons (Fsp3) is 0.867. The zero-order chi connectivity index (χ0) is 15.8. The molecule has 1 amide bonds. The Morgan fingerprint density at radius 2 is 1.65 bits per heavy atom. The van der Waals surface area contributed by atoms with E-state index in [1.54, 1.807) is 20.8 Å². The van der Waals surface area contributed by atoms with Crippen LogP contribution >= 0.6 is 0 Å². The van der Waals surface area contributed by atoms with Crippen molar-refractivity contribution in [2.75, 3.05) is 0 Å². The summed E-state index contributed by atoms with van der Waals surface area (Å²) in [5, 5.41) is 11.7. The van der Waals surface area contributed by atoms with Gasteiger partial charge in [-0.15, -0.1) is 0 Å². The number of carboxylic acids is 1. The van der Waals surface area contributed by atoms with Gasteiger partial charge >= 0.3 is 12.1 Å². The Labute approximate surface area is 122 Å². The lowest BCUT2D eigenvalue weighted by molar-refractivity contribution is -0.140. The van der Waals surface area contributed by atoms with Crippen molar-refractivity contribution in [3.05, 3.63) is 0 Å². The summed E-state index contributed by atoms with van der Waals surface area (Å²) in [7, 11) is 0. The summed E-state index contributed by atoms with van der Waals surface area (Å²) in [5.74, 6) is -0.686. The number of carbonyl (C=O) groups is 2. The molecule has 0 rings (SSSR count). The molecule has 0 aromatic heterocycles. The van der Waals surface area contributed by atoms with Gasteiger partial charge < -0.3 is 15.2 Å². The van der Waals surface area contributed by atoms with Crippen molar-refractivity contribution >= 4 is 12.1 Å². The molecule has 0 aromatic carbocycles. The van der Waals surface area contributed by atoms with Crippen LogP contribution in [0.25, 0.3) is 0 Å². The number of rotatable bonds is 8. The number of nitrogens with one attached hydrogen (secondary N) is 1. The highest BCUT2D eigenvalue weighted by molar-refractivity contribution is 5.80. The van der Waals surface area contributed by atoms with E-state index in [1.807, 2.05) is 0 Å². The van der Waals surface area contributed by atoms with Crippen LogP contribution < -0.4 is 5.32 Å². The van der Waals surface area contributed by atoms with Crippen molar-refractivity contribution in [3.63, 3.8) is 0 Å². The van der Waals surface area contributed by atoms with Gasteiger partial charge in [0.1, 0.15) is 11.6 Å². The molecule has 0 radical (unpaired) electrons. The second-order valence-electron chi connectivity index (χ2n) is 6.22. The normalized spacial score (nSPS) is 13.1. The maximum Gasteiger partial charge on any atom is 0.408 e. The molecule has 0 aliphatic heterocycles. The highest BCUT2D eigenvalue weighted by atomic mass is 16.6. The Balaban J connectivity index is 4.56. The van der Waals surface area contributed by atoms with E-state index >= 15 is 0 Å². The van der Waals surface area contributed by atoms with E-state index in [0.717, 1.165) is 25.7 Å². The summed E-state index contributed by atoms with van der Waals surface area (Å²) in [4.78, 5) is 22.9. The third-order valence-corrected chi connectivity index (χ3v) is 2.95. The maximum absolute atomic E-state index is 11.7. The Hall–Kier alpha value is -1.26. The minimum Gasteiger partial charge on any atom is -0.480 e. The Morgan fingerprint density at radius 3 is 2.00 bits per heavy atom. The standard InChI is InChI=1S/C15H29NO4/c1-6-8-11(9-7-2)10-12(13(17)18)16-14(19)20-15(3,4)5/h11-12H,6-10H2,1-5H3,(H,16,19)(H,17,18). The van der Waals surface area contributed by atoms with Crippen molar-refractivity contribution in [2.24, 2.45) is 5.92 Å². The number of hydrogen-bond donors (Lipinski definition) is 2. The molecule has 118 valence electrons. The Kier molecular flexibility index (Phi) is 8.26. The quantitative estimate of drug-likeness (QED) is 0.715. The molecule has 0 aromatic rings. The lowest BCUT2D eigenvalue weighted by Crippen LogP contribution is -2.44. The van der Waals surface area contributed by atoms with Crippen molar-refractivity contribution in [3.8, 4) is 0 Å². The second-order valence-corrected chi connectivity index (χ2v) is 6.22. The zero-order valence-electron chi connectivity index (χ0n) is 13.4. The zero-order valence-corrected chi connectivity index (χ0v) is 13.4. The van der Waals surface area contributed by atoms with Crippen LogP contribution in [-0.4, -0.2) is 28.8 Å². The third-order valence-electron chi connectivity index (χ3n) is 2.95. The second kappa shape index (κ2) is 8.82. The van der Waals surface area contributed by atoms with Gasteiger partial charge in [0.2, 0.25) is 0 Å². The first-order valence-corrected chi connectivity index (χ1v) is 7.41. The molecule has 0 spiro atoms. The van der Waals surface area contributed by atoms with Gasteiger partial charge in [0.15, 0.2) is 0 Å². The van der Waals surface area contributed by atoms with Crippen LogP contribution in [-0.2, 0) is 9.53 Å². The first-order chi connectivity index (χ1) is 9.19. The molecule has 0 aliphatic carbocycles. The van der Waals surface area contributed by atoms with E-state index in [2.05, 4.69) is 19.2 Å². The largest absolute Gasteiger partial charge is 0.480 e. The first-order valence-electron chi connectivity index (χ1n) is 7.41. The molecule has 0 bridgehead atoms. The van der Waals surface area contributed by atoms with Gasteiger partial charge in [0, 0.05) is 0 Å². The van der Waals surface area contributed by atoms with Crippen molar-refractivity contribution in [1.29, 1.82) is 0 Å². The minimum atomic E-state index is -1.01. The number of aliphatic carboxylic acids is 1. The maximum atomic E-state index is 11.7. The van der Waals surface area contributed by atoms with Crippen LogP contribution in [0.3, 0.4) is 0 Å². The summed E-state index contributed by atoms with van der Waals surface area (Å²) in [5.41, 5.74) is -0.626. The van der Waals surface area contributed by atoms with E-state index in [9.17, 15) is 14.7 Å². The van der Waals surface area contributed by atoms with Crippen LogP contribution in [0.1, 0.15) is 66.7 Å². The summed E-state index contributed by atoms with van der Waals surface area (Å²) in [6, 6.07) is -0.882. The number of amides is 1. The lowest BCUT2D eigenvalue weighted by atomic mass is 9.91. The number of carboxylic acid groups (broad SMARTS) is 1. The average molecular weight is 287 g/mol. The highest BCUT2D eigenvalue weighted by Crippen LogP contribution is 2.20. The molecule has 2 N–H and O–H groups in total. The lowest BCUT2D eigenvalue weighted by Gasteiger charge is -2.24. The minimum absolute atomic E-state index is 0.320. The van der Waals surface area contributed by atoms with Crippen molar-refractivity contribution in [1.82, 2.24) is 5.32 Å². The topological polar surface area (TPSA) is 75.6 Å². The van der Waals surface area contributed by atoms with E-state index in [1.165, 1.54) is 0 Å². The van der Waals surface area contributed by atoms with Gasteiger partial charge in [-0.2, -0.15) is 0 Å². The summed E-state index contributed by atoms with van der Waals surface area (Å²) in [6.45, 7) is 9.41. The fourth-order valence-corrected chi connectivity index (χ4v) is 2.20. The molecular formula is C15H29NO4. The smallest absolute Gasteiger partial charge is 0.408 e. The van der Waals surface area contributed by atoms with E-state index in [-0.39, 0.29) is 0 Å². The molecule has 0 saturated carbocycles. The van der Waals surface area contributed by atoms with Crippen LogP contribution in [0.4, 0.5) is 4.79 Å². The SMILES string of the molecule is CCCC(CCC)CC(NC(=O)OC(C)(C)C)C(=O)O. The molecule has 0 heterocycles. The summed E-state index contributed by atoms with van der Waals surface area (Å²) >= 11 is 0. The van der Waals surface area contributed by atoms with Crippen molar-refractivity contribution < 1.29 is 19.4 Å². The molecule has 0 saturated heterocycles. The van der Waals surface area contributed by atoms with E-state index in [4.69, 9.17) is 4.74 Å². The van der Waals surface area contributed by atoms with Crippen LogP contribution in [0.5, 0.6) is 0 Å². The number of carbonyl (C=O) groups excluding carboxylic acids is 1. The molecule has 20 heavy (non-hydrogen) atoms. The molecule has 0 fully saturated rings. The average Bonchev–Trinajstić information content (AvgIpc) is 2.25. The molecule has 1 unspecified atom stereocenters. The Bertz CT molecular complexity index is 303. The third kappa shape index (κ3) is 8.77. The highest BCUT2D eigenvalue weighted by Gasteiger charge is 2.26. The van der Waals surface area contributed by atoms with E-state index < -0.39 is 23.7 Å².